The molecule has 0 fully saturated rings. The third-order valence-corrected chi connectivity index (χ3v) is 2.98. The van der Waals surface area contributed by atoms with Gasteiger partial charge in [-0.05, 0) is 11.6 Å². The van der Waals surface area contributed by atoms with Crippen LogP contribution in [0.1, 0.15) is 11.5 Å². The first-order valence-electron chi connectivity index (χ1n) is 6.29. The van der Waals surface area contributed by atoms with Crippen LogP contribution in [0.15, 0.2) is 28.7 Å². The number of halogens is 1. The molecule has 108 valence electrons. The highest BCUT2D eigenvalue weighted by Gasteiger charge is 2.06. The molecule has 1 aromatic heterocycles. The van der Waals surface area contributed by atoms with Gasteiger partial charge >= 0.3 is 6.01 Å². The fourth-order valence-corrected chi connectivity index (χ4v) is 1.78. The highest BCUT2D eigenvalue weighted by atomic mass is 35.5. The Labute approximate surface area is 122 Å². The van der Waals surface area contributed by atoms with Crippen LogP contribution in [-0.4, -0.2) is 30.5 Å². The quantitative estimate of drug-likeness (QED) is 0.727. The van der Waals surface area contributed by atoms with Gasteiger partial charge in [-0.2, -0.15) is 0 Å². The van der Waals surface area contributed by atoms with Gasteiger partial charge in [-0.15, -0.1) is 5.10 Å². The maximum absolute atomic E-state index is 6.07. The predicted molar refractivity (Wildman–Crippen MR) is 76.7 cm³/mol. The lowest BCUT2D eigenvalue weighted by molar-refractivity contribution is 0.198. The number of hydrogen-bond donors (Lipinski definition) is 2. The van der Waals surface area contributed by atoms with Crippen molar-refractivity contribution in [2.45, 2.75) is 13.1 Å². The molecule has 0 aliphatic rings. The van der Waals surface area contributed by atoms with E-state index in [9.17, 15) is 0 Å². The lowest BCUT2D eigenvalue weighted by Gasteiger charge is -2.03. The zero-order valence-electron chi connectivity index (χ0n) is 11.2. The van der Waals surface area contributed by atoms with Gasteiger partial charge in [-0.25, -0.2) is 0 Å². The fourth-order valence-electron chi connectivity index (χ4n) is 1.58. The molecule has 2 rings (SSSR count). The molecule has 0 aliphatic heterocycles. The summed E-state index contributed by atoms with van der Waals surface area (Å²) in [5, 5.41) is 14.7. The van der Waals surface area contributed by atoms with Crippen LogP contribution in [0.2, 0.25) is 5.02 Å². The maximum atomic E-state index is 6.07. The summed E-state index contributed by atoms with van der Waals surface area (Å²) >= 11 is 6.07. The topological polar surface area (TPSA) is 72.2 Å². The molecule has 0 spiro atoms. The van der Waals surface area contributed by atoms with Crippen LogP contribution < -0.4 is 10.6 Å². The van der Waals surface area contributed by atoms with Gasteiger partial charge in [-0.3, -0.25) is 0 Å². The van der Waals surface area contributed by atoms with Crippen molar-refractivity contribution in [1.82, 2.24) is 15.5 Å². The summed E-state index contributed by atoms with van der Waals surface area (Å²) in [4.78, 5) is 0. The van der Waals surface area contributed by atoms with Crippen molar-refractivity contribution in [2.75, 3.05) is 25.6 Å². The highest BCUT2D eigenvalue weighted by Crippen LogP contribution is 2.16. The number of hydrogen-bond acceptors (Lipinski definition) is 6. The van der Waals surface area contributed by atoms with Crippen molar-refractivity contribution in [3.63, 3.8) is 0 Å². The standard InChI is InChI=1S/C13H17ClN4O2/c1-19-7-6-15-9-12-17-18-13(20-12)16-8-10-4-2-3-5-11(10)14/h2-5,15H,6-9H2,1H3,(H,16,18). The second-order valence-corrected chi connectivity index (χ2v) is 4.52. The monoisotopic (exact) mass is 296 g/mol. The number of benzene rings is 1. The zero-order valence-corrected chi connectivity index (χ0v) is 12.0. The first-order chi connectivity index (χ1) is 9.79. The predicted octanol–water partition coefficient (Wildman–Crippen LogP) is 2.07. The Hall–Kier alpha value is -1.63. The summed E-state index contributed by atoms with van der Waals surface area (Å²) in [6.07, 6.45) is 0. The molecule has 0 saturated carbocycles. The van der Waals surface area contributed by atoms with Crippen LogP contribution >= 0.6 is 11.6 Å². The normalized spacial score (nSPS) is 10.7. The lowest BCUT2D eigenvalue weighted by Crippen LogP contribution is -2.18. The number of anilines is 1. The van der Waals surface area contributed by atoms with Gasteiger partial charge in [0.1, 0.15) is 0 Å². The van der Waals surface area contributed by atoms with E-state index in [1.165, 1.54) is 0 Å². The molecule has 1 heterocycles. The molecular formula is C13H17ClN4O2. The van der Waals surface area contributed by atoms with Crippen molar-refractivity contribution < 1.29 is 9.15 Å². The molecule has 1 aromatic carbocycles. The van der Waals surface area contributed by atoms with Crippen LogP contribution in [0.5, 0.6) is 0 Å². The first kappa shape index (κ1) is 14.8. The zero-order chi connectivity index (χ0) is 14.2. The summed E-state index contributed by atoms with van der Waals surface area (Å²) in [5.41, 5.74) is 0.979. The molecule has 0 amide bonds. The minimum Gasteiger partial charge on any atom is -0.407 e. The Balaban J connectivity index is 1.79. The number of nitrogens with zero attached hydrogens (tertiary/aromatic N) is 2. The minimum atomic E-state index is 0.383. The van der Waals surface area contributed by atoms with Crippen LogP contribution in [0, 0.1) is 0 Å². The fraction of sp³-hybridized carbons (Fsp3) is 0.385. The SMILES string of the molecule is COCCNCc1nnc(NCc2ccccc2Cl)o1. The van der Waals surface area contributed by atoms with Crippen LogP contribution in [-0.2, 0) is 17.8 Å². The summed E-state index contributed by atoms with van der Waals surface area (Å²) in [7, 11) is 1.66. The molecule has 2 N–H and O–H groups in total. The van der Waals surface area contributed by atoms with Gasteiger partial charge in [0.25, 0.3) is 0 Å². The first-order valence-corrected chi connectivity index (χ1v) is 6.66. The van der Waals surface area contributed by atoms with Gasteiger partial charge in [0.05, 0.1) is 13.2 Å². The average Bonchev–Trinajstić information content (AvgIpc) is 2.91. The van der Waals surface area contributed by atoms with E-state index in [-0.39, 0.29) is 0 Å². The molecule has 0 aliphatic carbocycles. The molecule has 0 bridgehead atoms. The van der Waals surface area contributed by atoms with Crippen molar-refractivity contribution >= 4 is 17.6 Å². The number of methoxy groups -OCH3 is 1. The smallest absolute Gasteiger partial charge is 0.315 e. The van der Waals surface area contributed by atoms with Gasteiger partial charge in [0.15, 0.2) is 0 Å². The molecule has 20 heavy (non-hydrogen) atoms. The third-order valence-electron chi connectivity index (χ3n) is 2.61. The van der Waals surface area contributed by atoms with E-state index in [1.54, 1.807) is 7.11 Å². The summed E-state index contributed by atoms with van der Waals surface area (Å²) in [6, 6.07) is 7.99. The molecule has 2 aromatic rings. The van der Waals surface area contributed by atoms with Crippen LogP contribution in [0.3, 0.4) is 0 Å². The Kier molecular flexibility index (Phi) is 5.79. The van der Waals surface area contributed by atoms with E-state index < -0.39 is 0 Å². The largest absolute Gasteiger partial charge is 0.407 e. The summed E-state index contributed by atoms with van der Waals surface area (Å²) in [6.45, 7) is 2.44. The van der Waals surface area contributed by atoms with Gasteiger partial charge in [0, 0.05) is 25.2 Å². The van der Waals surface area contributed by atoms with Gasteiger partial charge in [0.2, 0.25) is 5.89 Å². The molecule has 6 nitrogen and oxygen atoms in total. The molecule has 0 saturated heterocycles. The second-order valence-electron chi connectivity index (χ2n) is 4.12. The van der Waals surface area contributed by atoms with E-state index >= 15 is 0 Å². The van der Waals surface area contributed by atoms with Gasteiger partial charge in [-0.1, -0.05) is 34.9 Å². The molecule has 0 radical (unpaired) electrons. The van der Waals surface area contributed by atoms with E-state index in [4.69, 9.17) is 20.8 Å². The van der Waals surface area contributed by atoms with Crippen molar-refractivity contribution in [1.29, 1.82) is 0 Å². The Morgan fingerprint density at radius 1 is 1.25 bits per heavy atom. The van der Waals surface area contributed by atoms with Crippen molar-refractivity contribution in [3.8, 4) is 0 Å². The molecule has 0 unspecified atom stereocenters. The number of aromatic nitrogens is 2. The lowest BCUT2D eigenvalue weighted by atomic mass is 10.2. The van der Waals surface area contributed by atoms with Crippen molar-refractivity contribution in [2.24, 2.45) is 0 Å². The van der Waals surface area contributed by atoms with E-state index in [2.05, 4.69) is 20.8 Å². The molecular weight excluding hydrogens is 280 g/mol. The Morgan fingerprint density at radius 3 is 2.90 bits per heavy atom. The Morgan fingerprint density at radius 2 is 2.10 bits per heavy atom. The molecule has 7 heteroatoms. The second kappa shape index (κ2) is 7.84. The van der Waals surface area contributed by atoms with Crippen molar-refractivity contribution in [3.05, 3.63) is 40.7 Å². The number of nitrogens with one attached hydrogen (secondary N) is 2. The Bertz CT molecular complexity index is 533. The van der Waals surface area contributed by atoms with Crippen LogP contribution in [0.25, 0.3) is 0 Å². The van der Waals surface area contributed by atoms with E-state index in [0.29, 0.717) is 36.6 Å². The summed E-state index contributed by atoms with van der Waals surface area (Å²) in [5.74, 6) is 0.530. The summed E-state index contributed by atoms with van der Waals surface area (Å²) < 4.78 is 10.4. The van der Waals surface area contributed by atoms with Gasteiger partial charge < -0.3 is 19.8 Å². The highest BCUT2D eigenvalue weighted by molar-refractivity contribution is 6.31. The third kappa shape index (κ3) is 4.48. The number of rotatable bonds is 8. The number of ether oxygens (including phenoxy) is 1. The molecule has 0 atom stereocenters. The maximum Gasteiger partial charge on any atom is 0.315 e. The van der Waals surface area contributed by atoms with E-state index in [0.717, 1.165) is 12.1 Å². The van der Waals surface area contributed by atoms with E-state index in [1.807, 2.05) is 24.3 Å². The van der Waals surface area contributed by atoms with Crippen LogP contribution in [0.4, 0.5) is 6.01 Å². The average molecular weight is 297 g/mol. The minimum absolute atomic E-state index is 0.383.